The molecule has 0 bridgehead atoms. The molecule has 2 rings (SSSR count). The predicted molar refractivity (Wildman–Crippen MR) is 103 cm³/mol. The van der Waals surface area contributed by atoms with Crippen molar-refractivity contribution in [3.8, 4) is 0 Å². The summed E-state index contributed by atoms with van der Waals surface area (Å²) in [5, 5.41) is 3.28. The minimum absolute atomic E-state index is 0.239. The lowest BCUT2D eigenvalue weighted by Gasteiger charge is -2.30. The number of nitrogens with zero attached hydrogens (tertiary/aromatic N) is 3. The van der Waals surface area contributed by atoms with Crippen molar-refractivity contribution < 1.29 is 12.8 Å². The number of hydrogen-bond acceptors (Lipinski definition) is 3. The van der Waals surface area contributed by atoms with Gasteiger partial charge in [0.25, 0.3) is 0 Å². The molecule has 1 aromatic rings. The summed E-state index contributed by atoms with van der Waals surface area (Å²) in [6.45, 7) is 5.24. The average Bonchev–Trinajstić information content (AvgIpc) is 2.60. The van der Waals surface area contributed by atoms with Crippen LogP contribution >= 0.6 is 0 Å². The second-order valence-electron chi connectivity index (χ2n) is 6.78. The minimum atomic E-state index is -3.09. The van der Waals surface area contributed by atoms with Crippen LogP contribution in [0.5, 0.6) is 0 Å². The molecule has 6 nitrogen and oxygen atoms in total. The summed E-state index contributed by atoms with van der Waals surface area (Å²) in [6, 6.07) is 6.47. The van der Waals surface area contributed by atoms with Crippen molar-refractivity contribution in [2.24, 2.45) is 10.9 Å². The Morgan fingerprint density at radius 2 is 1.92 bits per heavy atom. The normalized spacial score (nSPS) is 17.3. The topological polar surface area (TPSA) is 65.0 Å². The molecule has 1 fully saturated rings. The SMILES string of the molecule is CCNC(=NCC1CCN(S(C)(=O)=O)CC1)N(C)Cc1ccc(F)cc1. The second kappa shape index (κ2) is 9.32. The Labute approximate surface area is 156 Å². The maximum Gasteiger partial charge on any atom is 0.211 e. The summed E-state index contributed by atoms with van der Waals surface area (Å²) < 4.78 is 37.8. The molecule has 0 radical (unpaired) electrons. The zero-order valence-corrected chi connectivity index (χ0v) is 16.6. The van der Waals surface area contributed by atoms with Gasteiger partial charge in [0.05, 0.1) is 6.26 Å². The van der Waals surface area contributed by atoms with Gasteiger partial charge in [-0.05, 0) is 43.4 Å². The molecule has 8 heteroatoms. The number of benzene rings is 1. The number of hydrogen-bond donors (Lipinski definition) is 1. The number of sulfonamides is 1. The highest BCUT2D eigenvalue weighted by Gasteiger charge is 2.24. The number of halogens is 1. The molecule has 1 heterocycles. The van der Waals surface area contributed by atoms with Crippen LogP contribution in [0.3, 0.4) is 0 Å². The van der Waals surface area contributed by atoms with E-state index in [1.54, 1.807) is 16.4 Å². The molecular formula is C18H29FN4O2S. The zero-order chi connectivity index (χ0) is 19.2. The lowest BCUT2D eigenvalue weighted by molar-refractivity contribution is 0.279. The van der Waals surface area contributed by atoms with E-state index in [4.69, 9.17) is 4.99 Å². The Morgan fingerprint density at radius 1 is 1.31 bits per heavy atom. The Bertz CT molecular complexity index is 698. The molecule has 26 heavy (non-hydrogen) atoms. The number of guanidine groups is 1. The third-order valence-corrected chi connectivity index (χ3v) is 5.87. The van der Waals surface area contributed by atoms with Crippen LogP contribution in [0, 0.1) is 11.7 Å². The van der Waals surface area contributed by atoms with Crippen LogP contribution in [0.15, 0.2) is 29.3 Å². The number of rotatable bonds is 6. The Balaban J connectivity index is 1.92. The van der Waals surface area contributed by atoms with Gasteiger partial charge < -0.3 is 10.2 Å². The van der Waals surface area contributed by atoms with Gasteiger partial charge in [-0.15, -0.1) is 0 Å². The van der Waals surface area contributed by atoms with Gasteiger partial charge in [0.15, 0.2) is 5.96 Å². The van der Waals surface area contributed by atoms with Crippen molar-refractivity contribution in [1.82, 2.24) is 14.5 Å². The lowest BCUT2D eigenvalue weighted by atomic mass is 9.98. The molecule has 1 aromatic carbocycles. The number of nitrogens with one attached hydrogen (secondary N) is 1. The quantitative estimate of drug-likeness (QED) is 0.601. The van der Waals surface area contributed by atoms with Crippen molar-refractivity contribution >= 4 is 16.0 Å². The maximum absolute atomic E-state index is 13.0. The largest absolute Gasteiger partial charge is 0.357 e. The van der Waals surface area contributed by atoms with Crippen molar-refractivity contribution in [1.29, 1.82) is 0 Å². The van der Waals surface area contributed by atoms with Crippen LogP contribution in [0.4, 0.5) is 4.39 Å². The fraction of sp³-hybridized carbons (Fsp3) is 0.611. The van der Waals surface area contributed by atoms with Crippen LogP contribution in [0.1, 0.15) is 25.3 Å². The standard InChI is InChI=1S/C18H29FN4O2S/c1-4-20-18(22(2)14-16-5-7-17(19)8-6-16)21-13-15-9-11-23(12-10-15)26(3,24)25/h5-8,15H,4,9-14H2,1-3H3,(H,20,21). The number of piperidine rings is 1. The van der Waals surface area contributed by atoms with Crippen LogP contribution in [0.25, 0.3) is 0 Å². The molecule has 0 saturated carbocycles. The van der Waals surface area contributed by atoms with Gasteiger partial charge >= 0.3 is 0 Å². The van der Waals surface area contributed by atoms with Crippen molar-refractivity contribution in [3.63, 3.8) is 0 Å². The molecular weight excluding hydrogens is 355 g/mol. The number of aliphatic imine (C=N–C) groups is 1. The summed E-state index contributed by atoms with van der Waals surface area (Å²) >= 11 is 0. The second-order valence-corrected chi connectivity index (χ2v) is 8.77. The molecule has 146 valence electrons. The highest BCUT2D eigenvalue weighted by atomic mass is 32.2. The molecule has 0 spiro atoms. The summed E-state index contributed by atoms with van der Waals surface area (Å²) in [7, 11) is -1.13. The third-order valence-electron chi connectivity index (χ3n) is 4.57. The van der Waals surface area contributed by atoms with Crippen molar-refractivity contribution in [2.75, 3.05) is 39.5 Å². The van der Waals surface area contributed by atoms with E-state index in [-0.39, 0.29) is 5.82 Å². The molecule has 0 aliphatic carbocycles. The first-order valence-corrected chi connectivity index (χ1v) is 10.8. The fourth-order valence-corrected chi connectivity index (χ4v) is 3.92. The average molecular weight is 385 g/mol. The summed E-state index contributed by atoms with van der Waals surface area (Å²) in [5.74, 6) is 0.959. The van der Waals surface area contributed by atoms with E-state index in [0.29, 0.717) is 32.1 Å². The summed E-state index contributed by atoms with van der Waals surface area (Å²) in [5.41, 5.74) is 1.01. The van der Waals surface area contributed by atoms with Gasteiger partial charge in [0.2, 0.25) is 10.0 Å². The van der Waals surface area contributed by atoms with Crippen LogP contribution < -0.4 is 5.32 Å². The predicted octanol–water partition coefficient (Wildman–Crippen LogP) is 1.89. The molecule has 0 atom stereocenters. The summed E-state index contributed by atoms with van der Waals surface area (Å²) in [6.07, 6.45) is 2.93. The monoisotopic (exact) mass is 384 g/mol. The Kier molecular flexibility index (Phi) is 7.40. The highest BCUT2D eigenvalue weighted by molar-refractivity contribution is 7.88. The van der Waals surface area contributed by atoms with Gasteiger partial charge in [-0.25, -0.2) is 17.1 Å². The molecule has 0 unspecified atom stereocenters. The zero-order valence-electron chi connectivity index (χ0n) is 15.8. The van der Waals surface area contributed by atoms with E-state index < -0.39 is 10.0 Å². The first-order valence-electron chi connectivity index (χ1n) is 8.98. The first-order chi connectivity index (χ1) is 12.3. The fourth-order valence-electron chi connectivity index (χ4n) is 3.05. The van der Waals surface area contributed by atoms with E-state index in [9.17, 15) is 12.8 Å². The lowest BCUT2D eigenvalue weighted by Crippen LogP contribution is -2.40. The van der Waals surface area contributed by atoms with Crippen LogP contribution in [-0.4, -0.2) is 63.1 Å². The van der Waals surface area contributed by atoms with Crippen molar-refractivity contribution in [3.05, 3.63) is 35.6 Å². The third kappa shape index (κ3) is 6.25. The van der Waals surface area contributed by atoms with Gasteiger partial charge in [-0.2, -0.15) is 0 Å². The molecule has 0 aromatic heterocycles. The van der Waals surface area contributed by atoms with E-state index in [0.717, 1.165) is 30.9 Å². The van der Waals surface area contributed by atoms with Gasteiger partial charge in [-0.3, -0.25) is 4.99 Å². The molecule has 1 N–H and O–H groups in total. The van der Waals surface area contributed by atoms with Crippen LogP contribution in [-0.2, 0) is 16.6 Å². The molecule has 1 aliphatic heterocycles. The van der Waals surface area contributed by atoms with E-state index in [1.807, 2.05) is 18.9 Å². The summed E-state index contributed by atoms with van der Waals surface area (Å²) in [4.78, 5) is 6.74. The highest BCUT2D eigenvalue weighted by Crippen LogP contribution is 2.19. The molecule has 0 amide bonds. The first kappa shape index (κ1) is 20.6. The maximum atomic E-state index is 13.0. The van der Waals surface area contributed by atoms with Gasteiger partial charge in [-0.1, -0.05) is 12.1 Å². The van der Waals surface area contributed by atoms with Crippen LogP contribution in [0.2, 0.25) is 0 Å². The van der Waals surface area contributed by atoms with E-state index in [2.05, 4.69) is 5.32 Å². The minimum Gasteiger partial charge on any atom is -0.357 e. The van der Waals surface area contributed by atoms with Gasteiger partial charge in [0, 0.05) is 39.8 Å². The Hall–Kier alpha value is -1.67. The molecule has 1 saturated heterocycles. The molecule has 1 aliphatic rings. The van der Waals surface area contributed by atoms with Gasteiger partial charge in [0.1, 0.15) is 5.82 Å². The van der Waals surface area contributed by atoms with E-state index >= 15 is 0 Å². The van der Waals surface area contributed by atoms with Crippen molar-refractivity contribution in [2.45, 2.75) is 26.3 Å². The smallest absolute Gasteiger partial charge is 0.211 e. The Morgan fingerprint density at radius 3 is 2.46 bits per heavy atom. The van der Waals surface area contributed by atoms with E-state index in [1.165, 1.54) is 18.4 Å².